The van der Waals surface area contributed by atoms with E-state index in [0.717, 1.165) is 32.5 Å². The molecule has 1 saturated heterocycles. The molecule has 1 heterocycles. The summed E-state index contributed by atoms with van der Waals surface area (Å²) in [5, 5.41) is 0. The Bertz CT molecular complexity index is 677. The molecule has 1 radical (unpaired) electrons. The fourth-order valence-corrected chi connectivity index (χ4v) is 3.58. The lowest BCUT2D eigenvalue weighted by Gasteiger charge is -2.32. The third-order valence-electron chi connectivity index (χ3n) is 5.06. The number of likely N-dealkylation sites (tertiary alicyclic amines) is 1. The molecule has 0 aliphatic carbocycles. The van der Waals surface area contributed by atoms with Crippen molar-refractivity contribution in [2.24, 2.45) is 0 Å². The zero-order chi connectivity index (χ0) is 17.5. The summed E-state index contributed by atoms with van der Waals surface area (Å²) in [6.07, 6.45) is 4.77. The Morgan fingerprint density at radius 3 is 2.72 bits per heavy atom. The molecule has 0 bridgehead atoms. The van der Waals surface area contributed by atoms with E-state index in [9.17, 15) is 9.18 Å². The Kier molecular flexibility index (Phi) is 6.35. The number of hydrogen-bond acceptors (Lipinski definition) is 2. The fraction of sp³-hybridized carbons (Fsp3) is 0.409. The molecule has 1 fully saturated rings. The van der Waals surface area contributed by atoms with Gasteiger partial charge in [-0.15, -0.1) is 0 Å². The topological polar surface area (TPSA) is 20.3 Å². The van der Waals surface area contributed by atoms with Crippen LogP contribution in [0.15, 0.2) is 48.5 Å². The van der Waals surface area contributed by atoms with Crippen LogP contribution in [0.1, 0.15) is 53.9 Å². The first-order valence-electron chi connectivity index (χ1n) is 9.19. The van der Waals surface area contributed by atoms with Crippen LogP contribution in [-0.4, -0.2) is 30.3 Å². The molecule has 1 aliphatic heterocycles. The lowest BCUT2D eigenvalue weighted by Crippen LogP contribution is -2.33. The molecule has 131 valence electrons. The first-order chi connectivity index (χ1) is 12.2. The van der Waals surface area contributed by atoms with Gasteiger partial charge in [0.25, 0.3) is 0 Å². The highest BCUT2D eigenvalue weighted by molar-refractivity contribution is 5.95. The average Bonchev–Trinajstić information content (AvgIpc) is 2.66. The molecule has 0 spiro atoms. The van der Waals surface area contributed by atoms with E-state index in [1.54, 1.807) is 12.1 Å². The van der Waals surface area contributed by atoms with Gasteiger partial charge in [-0.05, 0) is 75.0 Å². The molecule has 0 N–H and O–H groups in total. The highest BCUT2D eigenvalue weighted by Gasteiger charge is 2.20. The van der Waals surface area contributed by atoms with Crippen LogP contribution in [0.25, 0.3) is 0 Å². The molecule has 25 heavy (non-hydrogen) atoms. The van der Waals surface area contributed by atoms with Crippen LogP contribution in [-0.2, 0) is 0 Å². The number of nitrogens with zero attached hydrogens (tertiary/aromatic N) is 1. The maximum absolute atomic E-state index is 13.2. The van der Waals surface area contributed by atoms with E-state index in [0.29, 0.717) is 17.9 Å². The predicted molar refractivity (Wildman–Crippen MR) is 98.3 cm³/mol. The molecule has 0 aromatic heterocycles. The highest BCUT2D eigenvalue weighted by atomic mass is 19.1. The Balaban J connectivity index is 1.34. The van der Waals surface area contributed by atoms with Crippen molar-refractivity contribution in [2.45, 2.75) is 38.0 Å². The van der Waals surface area contributed by atoms with Crippen LogP contribution in [0.4, 0.5) is 4.39 Å². The number of hydrogen-bond donors (Lipinski definition) is 0. The quantitative estimate of drug-likeness (QED) is 0.531. The molecule has 3 rings (SSSR count). The lowest BCUT2D eigenvalue weighted by molar-refractivity contribution is 0.0976. The molecular weight excluding hydrogens is 313 g/mol. The van der Waals surface area contributed by atoms with Gasteiger partial charge in [-0.1, -0.05) is 36.4 Å². The van der Waals surface area contributed by atoms with E-state index in [-0.39, 0.29) is 11.6 Å². The summed E-state index contributed by atoms with van der Waals surface area (Å²) in [5.41, 5.74) is 1.89. The number of halogens is 1. The minimum atomic E-state index is -0.343. The zero-order valence-electron chi connectivity index (χ0n) is 14.6. The van der Waals surface area contributed by atoms with Crippen LogP contribution in [0.5, 0.6) is 0 Å². The maximum Gasteiger partial charge on any atom is 0.162 e. The summed E-state index contributed by atoms with van der Waals surface area (Å²) in [4.78, 5) is 14.6. The molecule has 2 aromatic carbocycles. The summed E-state index contributed by atoms with van der Waals surface area (Å²) in [7, 11) is 0. The minimum Gasteiger partial charge on any atom is -0.303 e. The zero-order valence-corrected chi connectivity index (χ0v) is 14.6. The van der Waals surface area contributed by atoms with Gasteiger partial charge in [-0.2, -0.15) is 0 Å². The van der Waals surface area contributed by atoms with E-state index in [4.69, 9.17) is 0 Å². The number of ketones is 1. The van der Waals surface area contributed by atoms with Crippen molar-refractivity contribution >= 4 is 5.78 Å². The lowest BCUT2D eigenvalue weighted by atomic mass is 9.89. The standard InChI is InChI=1S/C22H25FNO/c23-21-10-6-9-20(17-21)22(25)11-4-5-14-24-15-12-19(13-16-24)18-7-2-1-3-8-18/h1-2,6-10,17,19H,4-5,11-16H2. The largest absolute Gasteiger partial charge is 0.303 e. The van der Waals surface area contributed by atoms with E-state index < -0.39 is 0 Å². The predicted octanol–water partition coefficient (Wildman–Crippen LogP) is 4.86. The smallest absolute Gasteiger partial charge is 0.162 e. The number of unbranched alkanes of at least 4 members (excludes halogenated alkanes) is 1. The third kappa shape index (κ3) is 5.23. The molecular formula is C22H25FNO. The summed E-state index contributed by atoms with van der Waals surface area (Å²) in [5.74, 6) is 0.353. The monoisotopic (exact) mass is 338 g/mol. The first-order valence-corrected chi connectivity index (χ1v) is 9.19. The van der Waals surface area contributed by atoms with Crippen molar-refractivity contribution in [2.75, 3.05) is 19.6 Å². The van der Waals surface area contributed by atoms with Crippen LogP contribution >= 0.6 is 0 Å². The van der Waals surface area contributed by atoms with Gasteiger partial charge in [0.2, 0.25) is 0 Å². The SMILES string of the molecule is O=C(CCCCN1CCC(c2c[c]ccc2)CC1)c1cccc(F)c1. The maximum atomic E-state index is 13.2. The van der Waals surface area contributed by atoms with E-state index in [1.807, 2.05) is 6.07 Å². The first kappa shape index (κ1) is 17.8. The Labute approximate surface area is 149 Å². The van der Waals surface area contributed by atoms with Gasteiger partial charge in [-0.3, -0.25) is 4.79 Å². The Hall–Kier alpha value is -2.00. The van der Waals surface area contributed by atoms with Crippen LogP contribution in [0.3, 0.4) is 0 Å². The van der Waals surface area contributed by atoms with Crippen molar-refractivity contribution in [1.82, 2.24) is 4.90 Å². The number of Topliss-reactive ketones (excluding diaryl/α,β-unsaturated/α-hetero) is 1. The van der Waals surface area contributed by atoms with Crippen molar-refractivity contribution in [3.63, 3.8) is 0 Å². The van der Waals surface area contributed by atoms with Crippen molar-refractivity contribution < 1.29 is 9.18 Å². The fourth-order valence-electron chi connectivity index (χ4n) is 3.58. The summed E-state index contributed by atoms with van der Waals surface area (Å²) < 4.78 is 13.2. The molecule has 0 atom stereocenters. The second-order valence-electron chi connectivity index (χ2n) is 6.84. The number of benzene rings is 2. The van der Waals surface area contributed by atoms with Gasteiger partial charge in [0.15, 0.2) is 5.78 Å². The molecule has 0 amide bonds. The van der Waals surface area contributed by atoms with E-state index in [2.05, 4.69) is 29.2 Å². The molecule has 3 heteroatoms. The Morgan fingerprint density at radius 2 is 2.00 bits per heavy atom. The van der Waals surface area contributed by atoms with Gasteiger partial charge >= 0.3 is 0 Å². The number of carbonyl (C=O) groups excluding carboxylic acids is 1. The van der Waals surface area contributed by atoms with Gasteiger partial charge < -0.3 is 4.90 Å². The van der Waals surface area contributed by atoms with Crippen molar-refractivity contribution in [1.29, 1.82) is 0 Å². The second kappa shape index (κ2) is 8.91. The molecule has 2 aromatic rings. The molecule has 2 nitrogen and oxygen atoms in total. The molecule has 0 saturated carbocycles. The number of rotatable bonds is 7. The van der Waals surface area contributed by atoms with Crippen LogP contribution in [0.2, 0.25) is 0 Å². The summed E-state index contributed by atoms with van der Waals surface area (Å²) in [6.45, 7) is 3.29. The van der Waals surface area contributed by atoms with Gasteiger partial charge in [0.1, 0.15) is 5.82 Å². The van der Waals surface area contributed by atoms with Crippen LogP contribution < -0.4 is 0 Å². The van der Waals surface area contributed by atoms with E-state index >= 15 is 0 Å². The minimum absolute atomic E-state index is 0.0403. The Morgan fingerprint density at radius 1 is 1.16 bits per heavy atom. The number of piperidine rings is 1. The van der Waals surface area contributed by atoms with Gasteiger partial charge in [0, 0.05) is 12.0 Å². The third-order valence-corrected chi connectivity index (χ3v) is 5.06. The van der Waals surface area contributed by atoms with Crippen molar-refractivity contribution in [3.05, 3.63) is 71.5 Å². The summed E-state index contributed by atoms with van der Waals surface area (Å²) in [6, 6.07) is 17.5. The average molecular weight is 338 g/mol. The van der Waals surface area contributed by atoms with Crippen molar-refractivity contribution in [3.8, 4) is 0 Å². The second-order valence-corrected chi connectivity index (χ2v) is 6.84. The van der Waals surface area contributed by atoms with Gasteiger partial charge in [-0.25, -0.2) is 4.39 Å². The highest BCUT2D eigenvalue weighted by Crippen LogP contribution is 2.27. The number of carbonyl (C=O) groups is 1. The van der Waals surface area contributed by atoms with Crippen LogP contribution in [0, 0.1) is 11.9 Å². The summed E-state index contributed by atoms with van der Waals surface area (Å²) >= 11 is 0. The van der Waals surface area contributed by atoms with Gasteiger partial charge in [0.05, 0.1) is 0 Å². The molecule has 1 aliphatic rings. The molecule has 0 unspecified atom stereocenters. The van der Waals surface area contributed by atoms with E-state index in [1.165, 1.54) is 30.5 Å². The normalized spacial score (nSPS) is 16.0.